The summed E-state index contributed by atoms with van der Waals surface area (Å²) in [5, 5.41) is 9.36. The number of thiocarbonyl (C=S) groups is 1. The molecule has 1 aliphatic heterocycles. The van der Waals surface area contributed by atoms with Crippen LogP contribution in [0.15, 0.2) is 35.7 Å². The van der Waals surface area contributed by atoms with Gasteiger partial charge in [0, 0.05) is 30.1 Å². The molecule has 0 unspecified atom stereocenters. The molecule has 1 fully saturated rings. The Balaban J connectivity index is 1.71. The lowest BCUT2D eigenvalue weighted by Gasteiger charge is -2.38. The van der Waals surface area contributed by atoms with Gasteiger partial charge in [-0.1, -0.05) is 6.07 Å². The highest BCUT2D eigenvalue weighted by Crippen LogP contribution is 2.30. The largest absolute Gasteiger partial charge is 0.497 e. The Labute approximate surface area is 175 Å². The molecular formula is C20H27N3O3S2. The van der Waals surface area contributed by atoms with Gasteiger partial charge in [-0.2, -0.15) is 0 Å². The molecule has 3 rings (SSSR count). The number of hydrogen-bond acceptors (Lipinski definition) is 6. The number of nitrogens with zero attached hydrogens (tertiary/aromatic N) is 1. The number of hydrogen-bond donors (Lipinski definition) is 2. The molecule has 0 aliphatic carbocycles. The summed E-state index contributed by atoms with van der Waals surface area (Å²) in [5.41, 5.74) is 0.769. The number of morpholine rings is 1. The van der Waals surface area contributed by atoms with Crippen LogP contribution in [0.1, 0.15) is 17.8 Å². The summed E-state index contributed by atoms with van der Waals surface area (Å²) in [7, 11) is 3.27. The minimum atomic E-state index is 0.119. The van der Waals surface area contributed by atoms with Gasteiger partial charge in [0.15, 0.2) is 5.11 Å². The van der Waals surface area contributed by atoms with Gasteiger partial charge in [-0.15, -0.1) is 11.3 Å². The molecule has 0 amide bonds. The van der Waals surface area contributed by atoms with E-state index in [9.17, 15) is 0 Å². The number of benzene rings is 1. The van der Waals surface area contributed by atoms with Gasteiger partial charge in [0.05, 0.1) is 39.2 Å². The third kappa shape index (κ3) is 5.14. The second kappa shape index (κ2) is 10.1. The first-order chi connectivity index (χ1) is 13.6. The molecule has 152 valence electrons. The van der Waals surface area contributed by atoms with Crippen LogP contribution in [0.25, 0.3) is 0 Å². The van der Waals surface area contributed by atoms with Crippen molar-refractivity contribution >= 4 is 34.4 Å². The van der Waals surface area contributed by atoms with Crippen LogP contribution in [0.4, 0.5) is 5.69 Å². The molecule has 2 aromatic rings. The number of methoxy groups -OCH3 is 2. The van der Waals surface area contributed by atoms with Gasteiger partial charge in [0.25, 0.3) is 0 Å². The molecule has 1 saturated heterocycles. The summed E-state index contributed by atoms with van der Waals surface area (Å²) >= 11 is 7.36. The van der Waals surface area contributed by atoms with Crippen LogP contribution in [0.5, 0.6) is 11.5 Å². The van der Waals surface area contributed by atoms with E-state index in [2.05, 4.69) is 40.0 Å². The van der Waals surface area contributed by atoms with E-state index >= 15 is 0 Å². The molecule has 2 N–H and O–H groups in total. The van der Waals surface area contributed by atoms with Gasteiger partial charge < -0.3 is 24.8 Å². The van der Waals surface area contributed by atoms with E-state index in [1.165, 1.54) is 4.88 Å². The molecule has 28 heavy (non-hydrogen) atoms. The van der Waals surface area contributed by atoms with Crippen molar-refractivity contribution in [3.8, 4) is 11.5 Å². The van der Waals surface area contributed by atoms with Crippen LogP contribution in [0.2, 0.25) is 0 Å². The fraction of sp³-hybridized carbons (Fsp3) is 0.450. The van der Waals surface area contributed by atoms with E-state index in [4.69, 9.17) is 26.4 Å². The molecule has 1 aromatic heterocycles. The average molecular weight is 422 g/mol. The Morgan fingerprint density at radius 1 is 1.21 bits per heavy atom. The van der Waals surface area contributed by atoms with E-state index in [-0.39, 0.29) is 12.1 Å². The topological polar surface area (TPSA) is 55.0 Å². The van der Waals surface area contributed by atoms with E-state index in [1.54, 1.807) is 25.6 Å². The van der Waals surface area contributed by atoms with E-state index < -0.39 is 0 Å². The van der Waals surface area contributed by atoms with Crippen LogP contribution < -0.4 is 20.1 Å². The summed E-state index contributed by atoms with van der Waals surface area (Å²) < 4.78 is 16.3. The van der Waals surface area contributed by atoms with Crippen molar-refractivity contribution in [2.24, 2.45) is 0 Å². The SMILES string of the molecule is COc1ccc(OC)c(NC(=S)N[C@@H](C)[C@@H](c2cccs2)N2CCOCC2)c1. The lowest BCUT2D eigenvalue weighted by molar-refractivity contribution is 0.0110. The highest BCUT2D eigenvalue weighted by molar-refractivity contribution is 7.80. The lowest BCUT2D eigenvalue weighted by atomic mass is 10.1. The first-order valence-electron chi connectivity index (χ1n) is 9.27. The van der Waals surface area contributed by atoms with E-state index in [1.807, 2.05) is 18.2 Å². The van der Waals surface area contributed by atoms with Crippen molar-refractivity contribution in [1.29, 1.82) is 0 Å². The summed E-state index contributed by atoms with van der Waals surface area (Å²) in [5.74, 6) is 1.45. The molecule has 1 aliphatic rings. The van der Waals surface area contributed by atoms with Gasteiger partial charge in [-0.3, -0.25) is 4.90 Å². The van der Waals surface area contributed by atoms with Crippen molar-refractivity contribution in [2.45, 2.75) is 19.0 Å². The molecule has 1 aromatic carbocycles. The summed E-state index contributed by atoms with van der Waals surface area (Å²) in [4.78, 5) is 3.78. The maximum absolute atomic E-state index is 5.59. The molecule has 2 heterocycles. The Morgan fingerprint density at radius 2 is 2.00 bits per heavy atom. The summed E-state index contributed by atoms with van der Waals surface area (Å²) in [6.07, 6.45) is 0. The molecular weight excluding hydrogens is 394 g/mol. The van der Waals surface area contributed by atoms with Crippen LogP contribution in [0.3, 0.4) is 0 Å². The Kier molecular flexibility index (Phi) is 7.50. The maximum atomic E-state index is 5.59. The predicted octanol–water partition coefficient (Wildman–Crippen LogP) is 3.51. The van der Waals surface area contributed by atoms with Crippen molar-refractivity contribution < 1.29 is 14.2 Å². The minimum absolute atomic E-state index is 0.119. The number of rotatable bonds is 7. The first kappa shape index (κ1) is 20.9. The number of nitrogens with one attached hydrogen (secondary N) is 2. The fourth-order valence-corrected chi connectivity index (χ4v) is 4.67. The number of anilines is 1. The molecule has 0 bridgehead atoms. The zero-order valence-electron chi connectivity index (χ0n) is 16.4. The number of ether oxygens (including phenoxy) is 3. The lowest BCUT2D eigenvalue weighted by Crippen LogP contribution is -2.49. The van der Waals surface area contributed by atoms with Gasteiger partial charge >= 0.3 is 0 Å². The van der Waals surface area contributed by atoms with Crippen LogP contribution in [-0.4, -0.2) is 56.6 Å². The predicted molar refractivity (Wildman–Crippen MR) is 118 cm³/mol. The zero-order chi connectivity index (χ0) is 19.9. The van der Waals surface area contributed by atoms with Crippen molar-refractivity contribution in [3.63, 3.8) is 0 Å². The summed E-state index contributed by atoms with van der Waals surface area (Å²) in [6.45, 7) is 5.52. The minimum Gasteiger partial charge on any atom is -0.497 e. The van der Waals surface area contributed by atoms with Gasteiger partial charge in [-0.05, 0) is 42.7 Å². The van der Waals surface area contributed by atoms with Crippen molar-refractivity contribution in [2.75, 3.05) is 45.8 Å². The second-order valence-corrected chi connectivity index (χ2v) is 7.95. The van der Waals surface area contributed by atoms with Gasteiger partial charge in [-0.25, -0.2) is 0 Å². The molecule has 0 spiro atoms. The third-order valence-electron chi connectivity index (χ3n) is 4.76. The Morgan fingerprint density at radius 3 is 2.64 bits per heavy atom. The molecule has 2 atom stereocenters. The average Bonchev–Trinajstić information content (AvgIpc) is 3.23. The monoisotopic (exact) mass is 421 g/mol. The molecule has 0 radical (unpaired) electrons. The van der Waals surface area contributed by atoms with Gasteiger partial charge in [0.2, 0.25) is 0 Å². The Hall–Kier alpha value is -1.87. The smallest absolute Gasteiger partial charge is 0.171 e. The summed E-state index contributed by atoms with van der Waals surface area (Å²) in [6, 6.07) is 10.2. The van der Waals surface area contributed by atoms with E-state index in [0.717, 1.165) is 37.7 Å². The molecule has 8 heteroatoms. The first-order valence-corrected chi connectivity index (χ1v) is 10.6. The Bertz CT molecular complexity index is 764. The normalized spacial score (nSPS) is 16.8. The molecule has 0 saturated carbocycles. The van der Waals surface area contributed by atoms with Crippen molar-refractivity contribution in [1.82, 2.24) is 10.2 Å². The van der Waals surface area contributed by atoms with Gasteiger partial charge in [0.1, 0.15) is 11.5 Å². The fourth-order valence-electron chi connectivity index (χ4n) is 3.41. The second-order valence-electron chi connectivity index (χ2n) is 6.56. The maximum Gasteiger partial charge on any atom is 0.171 e. The van der Waals surface area contributed by atoms with E-state index in [0.29, 0.717) is 10.9 Å². The zero-order valence-corrected chi connectivity index (χ0v) is 18.1. The van der Waals surface area contributed by atoms with Crippen LogP contribution in [0, 0.1) is 0 Å². The highest BCUT2D eigenvalue weighted by Gasteiger charge is 2.29. The third-order valence-corrected chi connectivity index (χ3v) is 5.92. The molecule has 6 nitrogen and oxygen atoms in total. The van der Waals surface area contributed by atoms with Crippen LogP contribution >= 0.6 is 23.6 Å². The van der Waals surface area contributed by atoms with Crippen LogP contribution in [-0.2, 0) is 4.74 Å². The van der Waals surface area contributed by atoms with Crippen molar-refractivity contribution in [3.05, 3.63) is 40.6 Å². The highest BCUT2D eigenvalue weighted by atomic mass is 32.1. The standard InChI is InChI=1S/C20H27N3O3S2/c1-14(19(18-5-4-12-28-18)23-8-10-26-11-9-23)21-20(27)22-16-13-15(24-2)6-7-17(16)25-3/h4-7,12-14,19H,8-11H2,1-3H3,(H2,21,22,27)/t14-,19-/m0/s1. The quantitative estimate of drug-likeness (QED) is 0.664. The number of thiophene rings is 1.